The van der Waals surface area contributed by atoms with Crippen LogP contribution in [0.15, 0.2) is 85.5 Å². The molecule has 1 amide bonds. The van der Waals surface area contributed by atoms with Crippen molar-refractivity contribution in [3.05, 3.63) is 92.1 Å². The maximum Gasteiger partial charge on any atom is 0.282 e. The van der Waals surface area contributed by atoms with Crippen molar-refractivity contribution in [2.75, 3.05) is 32.9 Å². The number of morpholine rings is 1. The van der Waals surface area contributed by atoms with E-state index in [1.54, 1.807) is 35.2 Å². The molecule has 0 bridgehead atoms. The number of aromatic nitrogens is 2. The van der Waals surface area contributed by atoms with Crippen LogP contribution in [0.2, 0.25) is 5.02 Å². The monoisotopic (exact) mass is 620 g/mol. The highest BCUT2D eigenvalue weighted by Gasteiger charge is 2.20. The van der Waals surface area contributed by atoms with Gasteiger partial charge in [-0.2, -0.15) is 9.78 Å². The highest BCUT2D eigenvalue weighted by atomic mass is 79.9. The summed E-state index contributed by atoms with van der Waals surface area (Å²) in [5.74, 6) is 0.834. The van der Waals surface area contributed by atoms with Crippen LogP contribution in [0.25, 0.3) is 33.5 Å². The lowest BCUT2D eigenvalue weighted by molar-refractivity contribution is -0.137. The molecular formula is C29H22BrClN4O5. The Morgan fingerprint density at radius 3 is 2.70 bits per heavy atom. The third-order valence-corrected chi connectivity index (χ3v) is 7.26. The Balaban J connectivity index is 1.40. The number of amides is 1. The predicted molar refractivity (Wildman–Crippen MR) is 156 cm³/mol. The zero-order chi connectivity index (χ0) is 27.6. The summed E-state index contributed by atoms with van der Waals surface area (Å²) >= 11 is 9.81. The SMILES string of the molecule is O=C(COc1c(Br)cc(Cl)cc1C=Nn1c(-c2cc3ccccc3o2)nc2ccccc2c1=O)N1CCOCC1. The van der Waals surface area contributed by atoms with Gasteiger partial charge in [0, 0.05) is 29.1 Å². The normalized spacial score (nSPS) is 13.9. The molecule has 3 heterocycles. The summed E-state index contributed by atoms with van der Waals surface area (Å²) in [5, 5.41) is 6.21. The molecule has 11 heteroatoms. The van der Waals surface area contributed by atoms with E-state index >= 15 is 0 Å². The fourth-order valence-electron chi connectivity index (χ4n) is 4.47. The van der Waals surface area contributed by atoms with Crippen LogP contribution >= 0.6 is 27.5 Å². The van der Waals surface area contributed by atoms with Crippen LogP contribution < -0.4 is 10.3 Å². The van der Waals surface area contributed by atoms with Gasteiger partial charge in [0.15, 0.2) is 12.4 Å². The Morgan fingerprint density at radius 1 is 1.10 bits per heavy atom. The van der Waals surface area contributed by atoms with Gasteiger partial charge in [0.1, 0.15) is 11.3 Å². The first kappa shape index (κ1) is 26.2. The molecule has 1 fully saturated rings. The lowest BCUT2D eigenvalue weighted by atomic mass is 10.2. The zero-order valence-corrected chi connectivity index (χ0v) is 23.4. The Labute approximate surface area is 241 Å². The van der Waals surface area contributed by atoms with Crippen LogP contribution in [0.1, 0.15) is 5.56 Å². The lowest BCUT2D eigenvalue weighted by Gasteiger charge is -2.26. The highest BCUT2D eigenvalue weighted by Crippen LogP contribution is 2.32. The second kappa shape index (κ2) is 11.2. The topological polar surface area (TPSA) is 99.2 Å². The van der Waals surface area contributed by atoms with Crippen molar-refractivity contribution in [1.29, 1.82) is 0 Å². The lowest BCUT2D eigenvalue weighted by Crippen LogP contribution is -2.43. The zero-order valence-electron chi connectivity index (χ0n) is 21.0. The van der Waals surface area contributed by atoms with Gasteiger partial charge in [0.05, 0.1) is 34.8 Å². The maximum atomic E-state index is 13.6. The van der Waals surface area contributed by atoms with Crippen molar-refractivity contribution >= 4 is 61.5 Å². The number of nitrogens with zero attached hydrogens (tertiary/aromatic N) is 4. The summed E-state index contributed by atoms with van der Waals surface area (Å²) in [7, 11) is 0. The van der Waals surface area contributed by atoms with Crippen molar-refractivity contribution in [3.63, 3.8) is 0 Å². The average molecular weight is 622 g/mol. The molecule has 1 aliphatic rings. The first-order valence-electron chi connectivity index (χ1n) is 12.5. The number of hydrogen-bond acceptors (Lipinski definition) is 7. The number of ether oxygens (including phenoxy) is 2. The summed E-state index contributed by atoms with van der Waals surface area (Å²) in [6.07, 6.45) is 1.45. The van der Waals surface area contributed by atoms with Gasteiger partial charge in [-0.1, -0.05) is 41.9 Å². The van der Waals surface area contributed by atoms with Gasteiger partial charge in [-0.3, -0.25) is 9.59 Å². The van der Waals surface area contributed by atoms with E-state index in [9.17, 15) is 9.59 Å². The molecule has 0 spiro atoms. The van der Waals surface area contributed by atoms with Crippen LogP contribution in [0.3, 0.4) is 0 Å². The molecule has 2 aromatic heterocycles. The molecule has 0 aliphatic carbocycles. The minimum Gasteiger partial charge on any atom is -0.482 e. The summed E-state index contributed by atoms with van der Waals surface area (Å²) in [6, 6.07) is 19.7. The van der Waals surface area contributed by atoms with Crippen molar-refractivity contribution in [2.24, 2.45) is 5.10 Å². The van der Waals surface area contributed by atoms with E-state index in [1.165, 1.54) is 10.9 Å². The molecule has 5 aromatic rings. The smallest absolute Gasteiger partial charge is 0.282 e. The van der Waals surface area contributed by atoms with Gasteiger partial charge < -0.3 is 18.8 Å². The first-order chi connectivity index (χ1) is 19.5. The van der Waals surface area contributed by atoms with E-state index in [0.717, 1.165) is 5.39 Å². The van der Waals surface area contributed by atoms with Gasteiger partial charge in [0.2, 0.25) is 5.82 Å². The second-order valence-electron chi connectivity index (χ2n) is 9.05. The number of halogens is 2. The number of rotatable bonds is 6. The maximum absolute atomic E-state index is 13.6. The number of para-hydroxylation sites is 2. The minimum atomic E-state index is -0.372. The molecule has 0 saturated carbocycles. The van der Waals surface area contributed by atoms with Gasteiger partial charge in [-0.15, -0.1) is 0 Å². The van der Waals surface area contributed by atoms with E-state index < -0.39 is 0 Å². The van der Waals surface area contributed by atoms with Crippen LogP contribution in [0, 0.1) is 0 Å². The number of hydrogen-bond donors (Lipinski definition) is 0. The number of benzene rings is 3. The summed E-state index contributed by atoms with van der Waals surface area (Å²) in [6.45, 7) is 1.84. The summed E-state index contributed by atoms with van der Waals surface area (Å²) in [4.78, 5) is 32.7. The molecule has 202 valence electrons. The molecule has 3 aromatic carbocycles. The molecule has 0 N–H and O–H groups in total. The number of fused-ring (bicyclic) bond motifs is 2. The Bertz CT molecular complexity index is 1790. The van der Waals surface area contributed by atoms with Crippen LogP contribution in [0.4, 0.5) is 0 Å². The number of furan rings is 1. The van der Waals surface area contributed by atoms with Crippen LogP contribution in [0.5, 0.6) is 5.75 Å². The Kier molecular flexibility index (Phi) is 7.38. The second-order valence-corrected chi connectivity index (χ2v) is 10.3. The standard InChI is InChI=1S/C29H22BrClN4O5/c30-22-15-20(31)13-19(27(22)39-17-26(36)34-9-11-38-12-10-34)16-32-35-28(25-14-18-5-1-4-8-24(18)40-25)33-23-7-3-2-6-21(23)29(35)37/h1-8,13-16H,9-12,17H2. The quantitative estimate of drug-likeness (QED) is 0.237. The number of carbonyl (C=O) groups is 1. The fraction of sp³-hybridized carbons (Fsp3) is 0.172. The van der Waals surface area contributed by atoms with Gasteiger partial charge in [0.25, 0.3) is 11.5 Å². The summed E-state index contributed by atoms with van der Waals surface area (Å²) in [5.41, 5.74) is 1.27. The predicted octanol–water partition coefficient (Wildman–Crippen LogP) is 5.35. The number of carbonyl (C=O) groups excluding carboxylic acids is 1. The third-order valence-electron chi connectivity index (χ3n) is 6.45. The molecule has 1 aliphatic heterocycles. The molecule has 40 heavy (non-hydrogen) atoms. The van der Waals surface area contributed by atoms with Crippen molar-refractivity contribution in [3.8, 4) is 17.3 Å². The van der Waals surface area contributed by atoms with E-state index in [4.69, 9.17) is 30.5 Å². The molecule has 9 nitrogen and oxygen atoms in total. The molecule has 6 rings (SSSR count). The highest BCUT2D eigenvalue weighted by molar-refractivity contribution is 9.10. The van der Waals surface area contributed by atoms with Gasteiger partial charge in [-0.25, -0.2) is 4.98 Å². The van der Waals surface area contributed by atoms with E-state index in [1.807, 2.05) is 36.4 Å². The van der Waals surface area contributed by atoms with E-state index in [2.05, 4.69) is 21.0 Å². The van der Waals surface area contributed by atoms with E-state index in [-0.39, 0.29) is 23.9 Å². The van der Waals surface area contributed by atoms with Crippen LogP contribution in [-0.4, -0.2) is 59.6 Å². The Hall–Kier alpha value is -3.99. The molecule has 1 saturated heterocycles. The average Bonchev–Trinajstić information content (AvgIpc) is 3.40. The van der Waals surface area contributed by atoms with Crippen LogP contribution in [-0.2, 0) is 9.53 Å². The van der Waals surface area contributed by atoms with Crippen molar-refractivity contribution in [1.82, 2.24) is 14.6 Å². The van der Waals surface area contributed by atoms with Crippen molar-refractivity contribution < 1.29 is 18.7 Å². The first-order valence-corrected chi connectivity index (χ1v) is 13.7. The molecule has 0 atom stereocenters. The van der Waals surface area contributed by atoms with Gasteiger partial charge >= 0.3 is 0 Å². The molecular weight excluding hydrogens is 600 g/mol. The molecule has 0 unspecified atom stereocenters. The largest absolute Gasteiger partial charge is 0.482 e. The Morgan fingerprint density at radius 2 is 1.88 bits per heavy atom. The van der Waals surface area contributed by atoms with E-state index in [0.29, 0.717) is 69.4 Å². The molecule has 0 radical (unpaired) electrons. The fourth-order valence-corrected chi connectivity index (χ4v) is 5.42. The van der Waals surface area contributed by atoms with Gasteiger partial charge in [-0.05, 0) is 52.3 Å². The third kappa shape index (κ3) is 5.25. The minimum absolute atomic E-state index is 0.157. The van der Waals surface area contributed by atoms with Crippen molar-refractivity contribution in [2.45, 2.75) is 0 Å². The summed E-state index contributed by atoms with van der Waals surface area (Å²) < 4.78 is 19.0.